The van der Waals surface area contributed by atoms with Crippen LogP contribution >= 0.6 is 11.6 Å². The van der Waals surface area contributed by atoms with Gasteiger partial charge in [-0.25, -0.2) is 0 Å². The highest BCUT2D eigenvalue weighted by Gasteiger charge is 2.16. The summed E-state index contributed by atoms with van der Waals surface area (Å²) < 4.78 is 7.25. The van der Waals surface area contributed by atoms with Crippen molar-refractivity contribution < 1.29 is 9.53 Å². The molecule has 118 valence electrons. The van der Waals surface area contributed by atoms with Gasteiger partial charge in [0.15, 0.2) is 6.29 Å². The Morgan fingerprint density at radius 1 is 1.13 bits per heavy atom. The molecular weight excluding hydrogens is 310 g/mol. The van der Waals surface area contributed by atoms with E-state index >= 15 is 0 Å². The van der Waals surface area contributed by atoms with Crippen LogP contribution in [0.1, 0.15) is 21.6 Å². The topological polar surface area (TPSA) is 31.2 Å². The molecular formula is C19H18ClNO2. The van der Waals surface area contributed by atoms with Gasteiger partial charge in [-0.1, -0.05) is 30.3 Å². The Morgan fingerprint density at radius 3 is 2.52 bits per heavy atom. The van der Waals surface area contributed by atoms with Crippen LogP contribution in [0.15, 0.2) is 48.5 Å². The van der Waals surface area contributed by atoms with E-state index in [9.17, 15) is 4.79 Å². The maximum absolute atomic E-state index is 11.7. The number of para-hydroxylation sites is 1. The minimum atomic E-state index is 0.497. The van der Waals surface area contributed by atoms with Crippen molar-refractivity contribution in [2.75, 3.05) is 13.0 Å². The molecule has 3 nitrogen and oxygen atoms in total. The molecule has 23 heavy (non-hydrogen) atoms. The van der Waals surface area contributed by atoms with Crippen molar-refractivity contribution >= 4 is 28.8 Å². The number of ether oxygens (including phenoxy) is 1. The van der Waals surface area contributed by atoms with Gasteiger partial charge < -0.3 is 9.30 Å². The number of aryl methyl sites for hydroxylation is 1. The molecule has 0 saturated carbocycles. The largest absolute Gasteiger partial charge is 0.497 e. The standard InChI is InChI=1S/C19H18ClNO2/c1-23-15-8-6-14(7-9-15)12-21-18-5-3-2-4-16(18)17(10-11-20)19(21)13-22/h2-9,13H,10-12H2,1H3. The van der Waals surface area contributed by atoms with Crippen molar-refractivity contribution in [3.05, 3.63) is 65.4 Å². The number of aromatic nitrogens is 1. The molecule has 0 saturated heterocycles. The number of nitrogens with zero attached hydrogens (tertiary/aromatic N) is 1. The second kappa shape index (κ2) is 6.88. The van der Waals surface area contributed by atoms with Crippen molar-refractivity contribution in [2.45, 2.75) is 13.0 Å². The van der Waals surface area contributed by atoms with Crippen LogP contribution < -0.4 is 4.74 Å². The first-order valence-corrected chi connectivity index (χ1v) is 8.06. The monoisotopic (exact) mass is 327 g/mol. The number of benzene rings is 2. The summed E-state index contributed by atoms with van der Waals surface area (Å²) in [6.45, 7) is 0.640. The van der Waals surface area contributed by atoms with Crippen LogP contribution in [0.5, 0.6) is 5.75 Å². The molecule has 0 bridgehead atoms. The second-order valence-electron chi connectivity index (χ2n) is 5.37. The molecule has 0 N–H and O–H groups in total. The van der Waals surface area contributed by atoms with Crippen LogP contribution in [0.25, 0.3) is 10.9 Å². The first-order chi connectivity index (χ1) is 11.3. The summed E-state index contributed by atoms with van der Waals surface area (Å²) in [5.74, 6) is 1.32. The van der Waals surface area contributed by atoms with Crippen LogP contribution in [0.2, 0.25) is 0 Å². The quantitative estimate of drug-likeness (QED) is 0.499. The molecule has 0 spiro atoms. The van der Waals surface area contributed by atoms with Crippen molar-refractivity contribution in [2.24, 2.45) is 0 Å². The number of fused-ring (bicyclic) bond motifs is 1. The van der Waals surface area contributed by atoms with E-state index in [1.165, 1.54) is 0 Å². The predicted octanol–water partition coefficient (Wildman–Crippen LogP) is 4.29. The van der Waals surface area contributed by atoms with Crippen LogP contribution in [0.3, 0.4) is 0 Å². The minimum Gasteiger partial charge on any atom is -0.497 e. The first kappa shape index (κ1) is 15.6. The fourth-order valence-electron chi connectivity index (χ4n) is 2.97. The third-order valence-corrected chi connectivity index (χ3v) is 4.26. The number of rotatable bonds is 6. The highest BCUT2D eigenvalue weighted by molar-refractivity contribution is 6.18. The summed E-state index contributed by atoms with van der Waals surface area (Å²) in [6.07, 6.45) is 1.62. The lowest BCUT2D eigenvalue weighted by molar-refractivity contribution is 0.111. The fourth-order valence-corrected chi connectivity index (χ4v) is 3.16. The number of hydrogen-bond donors (Lipinski definition) is 0. The molecule has 0 aliphatic carbocycles. The smallest absolute Gasteiger partial charge is 0.166 e. The molecule has 4 heteroatoms. The van der Waals surface area contributed by atoms with Crippen LogP contribution in [-0.4, -0.2) is 23.8 Å². The number of alkyl halides is 1. The van der Waals surface area contributed by atoms with Crippen LogP contribution in [0, 0.1) is 0 Å². The van der Waals surface area contributed by atoms with Crippen molar-refractivity contribution in [1.82, 2.24) is 4.57 Å². The molecule has 0 aliphatic rings. The van der Waals surface area contributed by atoms with Crippen molar-refractivity contribution in [1.29, 1.82) is 0 Å². The number of hydrogen-bond acceptors (Lipinski definition) is 2. The van der Waals surface area contributed by atoms with Gasteiger partial charge in [-0.2, -0.15) is 0 Å². The fraction of sp³-hybridized carbons (Fsp3) is 0.211. The molecule has 2 aromatic carbocycles. The summed E-state index contributed by atoms with van der Waals surface area (Å²) in [7, 11) is 1.65. The van der Waals surface area contributed by atoms with Gasteiger partial charge in [-0.05, 0) is 35.7 Å². The zero-order valence-corrected chi connectivity index (χ0v) is 13.7. The van der Waals surface area contributed by atoms with E-state index in [2.05, 4.69) is 10.6 Å². The van der Waals surface area contributed by atoms with Gasteiger partial charge >= 0.3 is 0 Å². The average Bonchev–Trinajstić information content (AvgIpc) is 2.89. The van der Waals surface area contributed by atoms with Gasteiger partial charge in [-0.3, -0.25) is 4.79 Å². The van der Waals surface area contributed by atoms with Crippen molar-refractivity contribution in [3.8, 4) is 5.75 Å². The number of carbonyl (C=O) groups excluding carboxylic acids is 1. The Kier molecular flexibility index (Phi) is 4.68. The lowest BCUT2D eigenvalue weighted by Gasteiger charge is -2.09. The Labute approximate surface area is 140 Å². The van der Waals surface area contributed by atoms with E-state index in [1.807, 2.05) is 42.5 Å². The molecule has 3 aromatic rings. The van der Waals surface area contributed by atoms with E-state index in [0.29, 0.717) is 24.5 Å². The lowest BCUT2D eigenvalue weighted by Crippen LogP contribution is -2.05. The molecule has 0 unspecified atom stereocenters. The summed E-state index contributed by atoms with van der Waals surface area (Å²) in [5, 5.41) is 1.10. The van der Waals surface area contributed by atoms with Gasteiger partial charge in [0, 0.05) is 23.3 Å². The average molecular weight is 328 g/mol. The van der Waals surface area contributed by atoms with Gasteiger partial charge in [0.1, 0.15) is 5.75 Å². The first-order valence-electron chi connectivity index (χ1n) is 7.52. The zero-order chi connectivity index (χ0) is 16.2. The van der Waals surface area contributed by atoms with E-state index < -0.39 is 0 Å². The molecule has 0 atom stereocenters. The maximum Gasteiger partial charge on any atom is 0.166 e. The Hall–Kier alpha value is -2.26. The maximum atomic E-state index is 11.7. The number of carbonyl (C=O) groups is 1. The third kappa shape index (κ3) is 2.97. The predicted molar refractivity (Wildman–Crippen MR) is 93.8 cm³/mol. The Morgan fingerprint density at radius 2 is 1.87 bits per heavy atom. The molecule has 0 radical (unpaired) electrons. The van der Waals surface area contributed by atoms with E-state index in [4.69, 9.17) is 16.3 Å². The Bertz CT molecular complexity index is 821. The molecule has 0 aliphatic heterocycles. The van der Waals surface area contributed by atoms with Gasteiger partial charge in [0.2, 0.25) is 0 Å². The van der Waals surface area contributed by atoms with Gasteiger partial charge in [0.05, 0.1) is 12.8 Å². The van der Waals surface area contributed by atoms with E-state index in [-0.39, 0.29) is 0 Å². The number of halogens is 1. The van der Waals surface area contributed by atoms with Gasteiger partial charge in [0.25, 0.3) is 0 Å². The molecule has 1 aromatic heterocycles. The molecule has 3 rings (SSSR count). The van der Waals surface area contributed by atoms with E-state index in [1.54, 1.807) is 7.11 Å². The summed E-state index contributed by atoms with van der Waals surface area (Å²) in [5.41, 5.74) is 3.92. The van der Waals surface area contributed by atoms with Crippen LogP contribution in [-0.2, 0) is 13.0 Å². The summed E-state index contributed by atoms with van der Waals surface area (Å²) in [4.78, 5) is 11.7. The SMILES string of the molecule is COc1ccc(Cn2c(C=O)c(CCCl)c3ccccc32)cc1. The molecule has 1 heterocycles. The van der Waals surface area contributed by atoms with E-state index in [0.717, 1.165) is 34.1 Å². The normalized spacial score (nSPS) is 10.9. The summed E-state index contributed by atoms with van der Waals surface area (Å²) in [6, 6.07) is 16.0. The van der Waals surface area contributed by atoms with Crippen molar-refractivity contribution in [3.63, 3.8) is 0 Å². The zero-order valence-electron chi connectivity index (χ0n) is 13.0. The molecule has 0 fully saturated rings. The highest BCUT2D eigenvalue weighted by Crippen LogP contribution is 2.27. The number of aldehydes is 1. The van der Waals surface area contributed by atoms with Gasteiger partial charge in [-0.15, -0.1) is 11.6 Å². The summed E-state index contributed by atoms with van der Waals surface area (Å²) >= 11 is 5.93. The lowest BCUT2D eigenvalue weighted by atomic mass is 10.1. The Balaban J connectivity index is 2.09. The second-order valence-corrected chi connectivity index (χ2v) is 5.75. The molecule has 0 amide bonds. The minimum absolute atomic E-state index is 0.497. The number of methoxy groups -OCH3 is 1. The highest BCUT2D eigenvalue weighted by atomic mass is 35.5. The van der Waals surface area contributed by atoms with Crippen LogP contribution in [0.4, 0.5) is 0 Å². The third-order valence-electron chi connectivity index (χ3n) is 4.08.